The highest BCUT2D eigenvalue weighted by atomic mass is 35.5. The van der Waals surface area contributed by atoms with Crippen LogP contribution in [0.3, 0.4) is 0 Å². The second-order valence-corrected chi connectivity index (χ2v) is 7.38. The second-order valence-electron chi connectivity index (χ2n) is 6.97. The van der Waals surface area contributed by atoms with Gasteiger partial charge in [0.25, 0.3) is 0 Å². The molecule has 6 heteroatoms. The molecule has 2 aromatic carbocycles. The zero-order chi connectivity index (χ0) is 20.3. The summed E-state index contributed by atoms with van der Waals surface area (Å²) in [6.45, 7) is 4.60. The molecule has 0 aliphatic carbocycles. The third kappa shape index (κ3) is 4.80. The molecule has 1 aromatic heterocycles. The molecule has 0 saturated carbocycles. The van der Waals surface area contributed by atoms with E-state index in [0.717, 1.165) is 34.2 Å². The number of likely N-dealkylation sites (N-methyl/N-ethyl adjacent to an activating group) is 1. The van der Waals surface area contributed by atoms with E-state index in [9.17, 15) is 9.59 Å². The maximum absolute atomic E-state index is 12.3. The molecule has 0 aliphatic rings. The van der Waals surface area contributed by atoms with E-state index >= 15 is 0 Å². The lowest BCUT2D eigenvalue weighted by Crippen LogP contribution is -2.30. The fraction of sp³-hybridized carbons (Fsp3) is 0.273. The molecule has 146 valence electrons. The van der Waals surface area contributed by atoms with E-state index < -0.39 is 5.63 Å². The van der Waals surface area contributed by atoms with Gasteiger partial charge in [-0.15, -0.1) is 0 Å². The molecule has 0 atom stereocenters. The van der Waals surface area contributed by atoms with Gasteiger partial charge in [-0.25, -0.2) is 4.79 Å². The number of amides is 1. The van der Waals surface area contributed by atoms with Gasteiger partial charge in [-0.3, -0.25) is 9.69 Å². The second kappa shape index (κ2) is 8.59. The molecule has 0 aliphatic heterocycles. The number of carbonyl (C=O) groups excluding carboxylic acids is 1. The Morgan fingerprint density at radius 2 is 1.86 bits per heavy atom. The van der Waals surface area contributed by atoms with Crippen molar-refractivity contribution >= 4 is 34.2 Å². The summed E-state index contributed by atoms with van der Waals surface area (Å²) in [5.41, 5.74) is 3.70. The minimum atomic E-state index is -0.413. The molecule has 0 spiro atoms. The highest BCUT2D eigenvalue weighted by Crippen LogP contribution is 2.26. The summed E-state index contributed by atoms with van der Waals surface area (Å²) in [6, 6.07) is 12.7. The van der Waals surface area contributed by atoms with Crippen molar-refractivity contribution in [3.63, 3.8) is 0 Å². The van der Waals surface area contributed by atoms with Crippen molar-refractivity contribution in [3.8, 4) is 0 Å². The molecule has 3 aromatic rings. The number of fused-ring (bicyclic) bond motifs is 1. The van der Waals surface area contributed by atoms with Crippen LogP contribution < -0.4 is 10.9 Å². The minimum Gasteiger partial charge on any atom is -0.423 e. The van der Waals surface area contributed by atoms with Gasteiger partial charge in [-0.1, -0.05) is 36.2 Å². The molecule has 0 bridgehead atoms. The maximum atomic E-state index is 12.3. The monoisotopic (exact) mass is 398 g/mol. The van der Waals surface area contributed by atoms with Crippen LogP contribution >= 0.6 is 11.6 Å². The molecule has 5 nitrogen and oxygen atoms in total. The van der Waals surface area contributed by atoms with Crippen LogP contribution in [0, 0.1) is 6.92 Å². The van der Waals surface area contributed by atoms with Crippen LogP contribution in [-0.2, 0) is 17.8 Å². The average Bonchev–Trinajstić information content (AvgIpc) is 2.63. The van der Waals surface area contributed by atoms with Gasteiger partial charge in [0.2, 0.25) is 5.91 Å². The molecule has 0 unspecified atom stereocenters. The molecule has 0 radical (unpaired) electrons. The van der Waals surface area contributed by atoms with Gasteiger partial charge in [0, 0.05) is 28.7 Å². The Labute approximate surface area is 168 Å². The number of nitrogens with zero attached hydrogens (tertiary/aromatic N) is 1. The first-order valence-electron chi connectivity index (χ1n) is 9.16. The van der Waals surface area contributed by atoms with E-state index in [1.165, 1.54) is 6.07 Å². The van der Waals surface area contributed by atoms with Crippen molar-refractivity contribution in [2.45, 2.75) is 26.8 Å². The number of nitrogens with one attached hydrogen (secondary N) is 1. The van der Waals surface area contributed by atoms with Gasteiger partial charge < -0.3 is 9.73 Å². The topological polar surface area (TPSA) is 62.6 Å². The van der Waals surface area contributed by atoms with Gasteiger partial charge in [0.1, 0.15) is 5.58 Å². The van der Waals surface area contributed by atoms with E-state index in [-0.39, 0.29) is 12.5 Å². The molecule has 28 heavy (non-hydrogen) atoms. The normalized spacial score (nSPS) is 11.2. The van der Waals surface area contributed by atoms with Gasteiger partial charge in [0.05, 0.1) is 6.54 Å². The highest BCUT2D eigenvalue weighted by molar-refractivity contribution is 6.32. The van der Waals surface area contributed by atoms with Gasteiger partial charge in [-0.2, -0.15) is 0 Å². The number of halogens is 1. The standard InChI is InChI=1S/C22H23ClN2O3/c1-4-15-9-20-18(11-19(15)23)16(10-22(27)28-20)12-25(3)13-21(26)24-17-7-5-14(2)6-8-17/h5-11H,4,12-13H2,1-3H3,(H,24,26). The Kier molecular flexibility index (Phi) is 6.17. The van der Waals surface area contributed by atoms with E-state index in [2.05, 4.69) is 5.32 Å². The van der Waals surface area contributed by atoms with Crippen LogP contribution in [0.1, 0.15) is 23.6 Å². The molecule has 0 fully saturated rings. The summed E-state index contributed by atoms with van der Waals surface area (Å²) in [6.07, 6.45) is 0.752. The zero-order valence-corrected chi connectivity index (χ0v) is 17.0. The van der Waals surface area contributed by atoms with E-state index in [1.54, 1.807) is 0 Å². The summed E-state index contributed by atoms with van der Waals surface area (Å²) in [5.74, 6) is -0.120. The first-order valence-corrected chi connectivity index (χ1v) is 9.53. The van der Waals surface area contributed by atoms with Crippen molar-refractivity contribution in [1.82, 2.24) is 4.90 Å². The van der Waals surface area contributed by atoms with Crippen molar-refractivity contribution in [3.05, 3.63) is 74.6 Å². The van der Waals surface area contributed by atoms with Crippen LogP contribution in [0.25, 0.3) is 11.0 Å². The van der Waals surface area contributed by atoms with Gasteiger partial charge >= 0.3 is 5.63 Å². The maximum Gasteiger partial charge on any atom is 0.336 e. The lowest BCUT2D eigenvalue weighted by Gasteiger charge is -2.17. The van der Waals surface area contributed by atoms with Crippen LogP contribution in [0.15, 0.2) is 51.7 Å². The average molecular weight is 399 g/mol. The van der Waals surface area contributed by atoms with Gasteiger partial charge in [0.15, 0.2) is 0 Å². The van der Waals surface area contributed by atoms with E-state index in [1.807, 2.05) is 62.2 Å². The molecular weight excluding hydrogens is 376 g/mol. The van der Waals surface area contributed by atoms with Crippen LogP contribution in [0.2, 0.25) is 5.02 Å². The number of aryl methyl sites for hydroxylation is 2. The first kappa shape index (κ1) is 20.1. The summed E-state index contributed by atoms with van der Waals surface area (Å²) in [4.78, 5) is 26.1. The number of anilines is 1. The molecule has 3 rings (SSSR count). The summed E-state index contributed by atoms with van der Waals surface area (Å²) >= 11 is 6.34. The third-order valence-corrected chi connectivity index (χ3v) is 4.92. The summed E-state index contributed by atoms with van der Waals surface area (Å²) in [7, 11) is 1.83. The molecule has 1 heterocycles. The van der Waals surface area contributed by atoms with Crippen LogP contribution in [0.5, 0.6) is 0 Å². The fourth-order valence-corrected chi connectivity index (χ4v) is 3.42. The van der Waals surface area contributed by atoms with E-state index in [4.69, 9.17) is 16.0 Å². The van der Waals surface area contributed by atoms with Gasteiger partial charge in [-0.05, 0) is 55.8 Å². The number of hydrogen-bond donors (Lipinski definition) is 1. The number of benzene rings is 2. The fourth-order valence-electron chi connectivity index (χ4n) is 3.12. The van der Waals surface area contributed by atoms with Crippen LogP contribution in [0.4, 0.5) is 5.69 Å². The largest absolute Gasteiger partial charge is 0.423 e. The Hall–Kier alpha value is -2.63. The Bertz CT molecular complexity index is 1060. The van der Waals surface area contributed by atoms with Crippen LogP contribution in [-0.4, -0.2) is 24.4 Å². The van der Waals surface area contributed by atoms with Crippen molar-refractivity contribution in [2.24, 2.45) is 0 Å². The smallest absolute Gasteiger partial charge is 0.336 e. The molecule has 1 N–H and O–H groups in total. The predicted molar refractivity (Wildman–Crippen MR) is 113 cm³/mol. The minimum absolute atomic E-state index is 0.120. The highest BCUT2D eigenvalue weighted by Gasteiger charge is 2.13. The summed E-state index contributed by atoms with van der Waals surface area (Å²) < 4.78 is 5.34. The lowest BCUT2D eigenvalue weighted by atomic mass is 10.1. The number of carbonyl (C=O) groups is 1. The van der Waals surface area contributed by atoms with Crippen molar-refractivity contribution in [1.29, 1.82) is 0 Å². The quantitative estimate of drug-likeness (QED) is 0.625. The molecule has 1 amide bonds. The Morgan fingerprint density at radius 3 is 2.54 bits per heavy atom. The molecule has 0 saturated heterocycles. The summed E-state index contributed by atoms with van der Waals surface area (Å²) in [5, 5.41) is 4.30. The van der Waals surface area contributed by atoms with Crippen molar-refractivity contribution < 1.29 is 9.21 Å². The van der Waals surface area contributed by atoms with E-state index in [0.29, 0.717) is 17.2 Å². The molecular formula is C22H23ClN2O3. The third-order valence-electron chi connectivity index (χ3n) is 4.57. The first-order chi connectivity index (χ1) is 13.4. The lowest BCUT2D eigenvalue weighted by molar-refractivity contribution is -0.117. The SMILES string of the molecule is CCc1cc2oc(=O)cc(CN(C)CC(=O)Nc3ccc(C)cc3)c2cc1Cl. The zero-order valence-electron chi connectivity index (χ0n) is 16.2. The predicted octanol–water partition coefficient (Wildman–Crippen LogP) is 4.39. The Balaban J connectivity index is 1.76. The number of hydrogen-bond acceptors (Lipinski definition) is 4. The Morgan fingerprint density at radius 1 is 1.14 bits per heavy atom. The van der Waals surface area contributed by atoms with Crippen molar-refractivity contribution in [2.75, 3.05) is 18.9 Å². The number of rotatable bonds is 6.